The van der Waals surface area contributed by atoms with Gasteiger partial charge in [-0.25, -0.2) is 28.7 Å². The van der Waals surface area contributed by atoms with E-state index in [1.54, 1.807) is 24.5 Å². The highest BCUT2D eigenvalue weighted by Crippen LogP contribution is 2.32. The van der Waals surface area contributed by atoms with Crippen molar-refractivity contribution in [3.8, 4) is 11.1 Å². The second-order valence-corrected chi connectivity index (χ2v) is 10.3. The standard InChI is InChI=1S/C28H34F2N8/c1-17(2)38-18(3)35-27-23(29)9-21(10-25(27)38)22-11-26(32-14-24(22)30)36-28-33-12-20(13-34-28)16-37-8-6-19(15-37)5-7-31-4/h9-14,17,19,31H,5-8,15-16H2,1-4H3,(H,32,33,34,36)/t19-/m0/s1. The van der Waals surface area contributed by atoms with Gasteiger partial charge in [0.15, 0.2) is 5.82 Å². The van der Waals surface area contributed by atoms with Gasteiger partial charge >= 0.3 is 0 Å². The van der Waals surface area contributed by atoms with Crippen LogP contribution in [0.25, 0.3) is 22.2 Å². The minimum absolute atomic E-state index is 0.0829. The molecular formula is C28H34F2N8. The fourth-order valence-corrected chi connectivity index (χ4v) is 5.32. The van der Waals surface area contributed by atoms with Crippen LogP contribution >= 0.6 is 0 Å². The van der Waals surface area contributed by atoms with E-state index in [0.717, 1.165) is 43.9 Å². The number of hydrogen-bond donors (Lipinski definition) is 2. The van der Waals surface area contributed by atoms with Gasteiger partial charge in [-0.2, -0.15) is 0 Å². The third-order valence-corrected chi connectivity index (χ3v) is 7.13. The van der Waals surface area contributed by atoms with Gasteiger partial charge in [0.25, 0.3) is 0 Å². The molecule has 1 aliphatic heterocycles. The average Bonchev–Trinajstić information content (AvgIpc) is 3.48. The Morgan fingerprint density at radius 1 is 1.05 bits per heavy atom. The van der Waals surface area contributed by atoms with Crippen LogP contribution in [0.5, 0.6) is 0 Å². The van der Waals surface area contributed by atoms with Gasteiger partial charge in [0.2, 0.25) is 5.95 Å². The molecule has 8 nitrogen and oxygen atoms in total. The lowest BCUT2D eigenvalue weighted by molar-refractivity contribution is 0.312. The number of nitrogens with zero attached hydrogens (tertiary/aromatic N) is 6. The minimum Gasteiger partial charge on any atom is -0.326 e. The van der Waals surface area contributed by atoms with Crippen LogP contribution in [0.3, 0.4) is 0 Å². The second-order valence-electron chi connectivity index (χ2n) is 10.3. The molecule has 1 atom stereocenters. The van der Waals surface area contributed by atoms with Gasteiger partial charge in [-0.1, -0.05) is 0 Å². The summed E-state index contributed by atoms with van der Waals surface area (Å²) < 4.78 is 31.8. The summed E-state index contributed by atoms with van der Waals surface area (Å²) in [6.45, 7) is 9.89. The number of rotatable bonds is 9. The Balaban J connectivity index is 1.32. The molecule has 200 valence electrons. The van der Waals surface area contributed by atoms with Crippen molar-refractivity contribution in [3.63, 3.8) is 0 Å². The Labute approximate surface area is 221 Å². The number of halogens is 2. The summed E-state index contributed by atoms with van der Waals surface area (Å²) in [6, 6.07) is 4.72. The van der Waals surface area contributed by atoms with E-state index in [9.17, 15) is 8.78 Å². The first kappa shape index (κ1) is 26.1. The first-order valence-electron chi connectivity index (χ1n) is 13.1. The fraction of sp³-hybridized carbons (Fsp3) is 0.429. The quantitative estimate of drug-likeness (QED) is 0.313. The Morgan fingerprint density at radius 3 is 2.58 bits per heavy atom. The van der Waals surface area contributed by atoms with Crippen molar-refractivity contribution in [1.82, 2.24) is 34.7 Å². The van der Waals surface area contributed by atoms with Crippen LogP contribution < -0.4 is 10.6 Å². The molecule has 0 bridgehead atoms. The molecule has 38 heavy (non-hydrogen) atoms. The van der Waals surface area contributed by atoms with Crippen LogP contribution in [-0.4, -0.2) is 56.1 Å². The first-order valence-corrected chi connectivity index (χ1v) is 13.1. The predicted octanol–water partition coefficient (Wildman–Crippen LogP) is 5.23. The van der Waals surface area contributed by atoms with Crippen LogP contribution in [-0.2, 0) is 6.54 Å². The molecule has 0 radical (unpaired) electrons. The van der Waals surface area contributed by atoms with Crippen molar-refractivity contribution in [2.24, 2.45) is 5.92 Å². The third-order valence-electron chi connectivity index (χ3n) is 7.13. The molecule has 5 rings (SSSR count). The van der Waals surface area contributed by atoms with Crippen LogP contribution in [0.15, 0.2) is 36.8 Å². The van der Waals surface area contributed by atoms with Crippen molar-refractivity contribution in [1.29, 1.82) is 0 Å². The van der Waals surface area contributed by atoms with Gasteiger partial charge in [-0.05, 0) is 83.4 Å². The van der Waals surface area contributed by atoms with Gasteiger partial charge in [0.1, 0.15) is 23.0 Å². The number of benzene rings is 1. The number of likely N-dealkylation sites (tertiary alicyclic amines) is 1. The summed E-state index contributed by atoms with van der Waals surface area (Å²) >= 11 is 0. The van der Waals surface area contributed by atoms with E-state index >= 15 is 0 Å². The number of pyridine rings is 1. The molecule has 0 aliphatic carbocycles. The number of fused-ring (bicyclic) bond motifs is 1. The van der Waals surface area contributed by atoms with E-state index < -0.39 is 11.6 Å². The van der Waals surface area contributed by atoms with Gasteiger partial charge in [0.05, 0.1) is 11.7 Å². The zero-order valence-electron chi connectivity index (χ0n) is 22.3. The Hall–Kier alpha value is -3.50. The summed E-state index contributed by atoms with van der Waals surface area (Å²) in [6.07, 6.45) is 7.15. The van der Waals surface area contributed by atoms with Crippen molar-refractivity contribution >= 4 is 22.8 Å². The van der Waals surface area contributed by atoms with Crippen LogP contribution in [0, 0.1) is 24.5 Å². The number of imidazole rings is 1. The lowest BCUT2D eigenvalue weighted by atomic mass is 10.0. The van der Waals surface area contributed by atoms with E-state index in [2.05, 4.69) is 35.5 Å². The Bertz CT molecular complexity index is 1420. The summed E-state index contributed by atoms with van der Waals surface area (Å²) in [5, 5.41) is 6.27. The van der Waals surface area contributed by atoms with Gasteiger partial charge in [-0.3, -0.25) is 4.90 Å². The summed E-state index contributed by atoms with van der Waals surface area (Å²) in [5.74, 6) is 1.14. The van der Waals surface area contributed by atoms with E-state index in [1.807, 2.05) is 32.4 Å². The minimum atomic E-state index is -0.545. The third kappa shape index (κ3) is 5.51. The zero-order chi connectivity index (χ0) is 26.8. The van der Waals surface area contributed by atoms with Crippen LogP contribution in [0.4, 0.5) is 20.5 Å². The molecule has 1 fully saturated rings. The van der Waals surface area contributed by atoms with Gasteiger partial charge < -0.3 is 15.2 Å². The Kier molecular flexibility index (Phi) is 7.62. The lowest BCUT2D eigenvalue weighted by Crippen LogP contribution is -2.21. The highest BCUT2D eigenvalue weighted by Gasteiger charge is 2.22. The SMILES string of the molecule is CNCC[C@H]1CCN(Cc2cnc(Nc3cc(-c4cc(F)c5nc(C)n(C(C)C)c5c4)c(F)cn3)nc2)C1. The van der Waals surface area contributed by atoms with Crippen molar-refractivity contribution in [2.75, 3.05) is 32.0 Å². The Morgan fingerprint density at radius 2 is 1.84 bits per heavy atom. The maximum absolute atomic E-state index is 15.0. The van der Waals surface area contributed by atoms with Crippen molar-refractivity contribution in [2.45, 2.75) is 46.2 Å². The van der Waals surface area contributed by atoms with E-state index in [1.165, 1.54) is 18.9 Å². The van der Waals surface area contributed by atoms with Crippen LogP contribution in [0.2, 0.25) is 0 Å². The largest absolute Gasteiger partial charge is 0.326 e. The molecule has 10 heteroatoms. The molecule has 3 aromatic heterocycles. The molecule has 1 saturated heterocycles. The van der Waals surface area contributed by atoms with E-state index in [0.29, 0.717) is 28.7 Å². The monoisotopic (exact) mass is 520 g/mol. The highest BCUT2D eigenvalue weighted by atomic mass is 19.1. The van der Waals surface area contributed by atoms with E-state index in [4.69, 9.17) is 0 Å². The summed E-state index contributed by atoms with van der Waals surface area (Å²) in [4.78, 5) is 19.8. The predicted molar refractivity (Wildman–Crippen MR) is 145 cm³/mol. The normalized spacial score (nSPS) is 16.1. The molecule has 4 aromatic rings. The maximum atomic E-state index is 15.0. The molecule has 0 spiro atoms. The molecule has 0 amide bonds. The number of hydrogen-bond acceptors (Lipinski definition) is 7. The van der Waals surface area contributed by atoms with Crippen LogP contribution in [0.1, 0.15) is 44.1 Å². The van der Waals surface area contributed by atoms with Crippen molar-refractivity contribution in [3.05, 3.63) is 59.8 Å². The first-order chi connectivity index (χ1) is 18.3. The number of aromatic nitrogens is 5. The zero-order valence-corrected chi connectivity index (χ0v) is 22.3. The van der Waals surface area contributed by atoms with Crippen molar-refractivity contribution < 1.29 is 8.78 Å². The summed E-state index contributed by atoms with van der Waals surface area (Å²) in [7, 11) is 1.99. The maximum Gasteiger partial charge on any atom is 0.228 e. The number of anilines is 2. The fourth-order valence-electron chi connectivity index (χ4n) is 5.32. The van der Waals surface area contributed by atoms with E-state index in [-0.39, 0.29) is 17.1 Å². The summed E-state index contributed by atoms with van der Waals surface area (Å²) in [5.41, 5.74) is 2.59. The average molecular weight is 521 g/mol. The molecular weight excluding hydrogens is 486 g/mol. The topological polar surface area (TPSA) is 83.8 Å². The number of aryl methyl sites for hydroxylation is 1. The highest BCUT2D eigenvalue weighted by molar-refractivity contribution is 5.84. The molecule has 4 heterocycles. The lowest BCUT2D eigenvalue weighted by Gasteiger charge is -2.16. The molecule has 1 aromatic carbocycles. The van der Waals surface area contributed by atoms with Gasteiger partial charge in [0, 0.05) is 42.7 Å². The molecule has 1 aliphatic rings. The second kappa shape index (κ2) is 11.1. The molecule has 0 saturated carbocycles. The molecule has 2 N–H and O–H groups in total. The number of nitrogens with one attached hydrogen (secondary N) is 2. The molecule has 0 unspecified atom stereocenters. The smallest absolute Gasteiger partial charge is 0.228 e. The van der Waals surface area contributed by atoms with Gasteiger partial charge in [-0.15, -0.1) is 0 Å².